The highest BCUT2D eigenvalue weighted by Gasteiger charge is 2.47. The second-order valence-electron chi connectivity index (χ2n) is 16.2. The summed E-state index contributed by atoms with van der Waals surface area (Å²) in [6.07, 6.45) is 6.46. The molecule has 2 N–H and O–H groups in total. The van der Waals surface area contributed by atoms with Gasteiger partial charge in [-0.25, -0.2) is 19.3 Å². The number of benzene rings is 4. The molecule has 13 heteroatoms. The van der Waals surface area contributed by atoms with E-state index in [1.54, 1.807) is 21.3 Å². The van der Waals surface area contributed by atoms with Crippen molar-refractivity contribution in [3.63, 3.8) is 0 Å². The predicted octanol–water partition coefficient (Wildman–Crippen LogP) is 9.84. The maximum atomic E-state index is 16.3. The van der Waals surface area contributed by atoms with Crippen molar-refractivity contribution in [2.45, 2.75) is 75.5 Å². The number of ether oxygens (including phenoxy) is 3. The van der Waals surface area contributed by atoms with Crippen LogP contribution in [0.1, 0.15) is 76.0 Å². The van der Waals surface area contributed by atoms with E-state index in [4.69, 9.17) is 29.2 Å². The van der Waals surface area contributed by atoms with E-state index in [-0.39, 0.29) is 11.9 Å². The van der Waals surface area contributed by atoms with E-state index in [2.05, 4.69) is 70.8 Å². The van der Waals surface area contributed by atoms with Gasteiger partial charge in [0.2, 0.25) is 0 Å². The van der Waals surface area contributed by atoms with Crippen LogP contribution in [0.4, 0.5) is 21.7 Å². The first kappa shape index (κ1) is 43.3. The molecular formula is C50H53FN8O3S. The number of fused-ring (bicyclic) bond motifs is 3. The molecule has 1 unspecified atom stereocenters. The number of likely N-dealkylation sites (N-methyl/N-ethyl adjacent to an activating group) is 1. The highest BCUT2D eigenvalue weighted by Crippen LogP contribution is 2.50. The van der Waals surface area contributed by atoms with Crippen LogP contribution in [-0.4, -0.2) is 54.5 Å². The van der Waals surface area contributed by atoms with Crippen LogP contribution in [0.5, 0.6) is 17.2 Å². The minimum atomic E-state index is -0.642. The standard InChI is InChI=1S/C50H53FN8O3S/c1-32(39-10-8-24-53-48(39)59(29-34-13-19-37(61-4)20-14-34)30-35-15-21-38(62-5)22-16-35)55-47-42-31-58(2)50(26-45(42)56-49(57-47)63-6)23-7-9-40-43(51)25-44(41(27-52)46(40)50)54-28-33-11-17-36(60-3)18-12-33/h8,10-22,24-25,32,54H,7,9,23,26,28-31H2,1-6H3,(H,55,56,57)/t32-,50?/m1/s1. The first-order valence-electron chi connectivity index (χ1n) is 21.2. The topological polar surface area (TPSA) is 121 Å². The van der Waals surface area contributed by atoms with E-state index >= 15 is 4.39 Å². The quantitative estimate of drug-likeness (QED) is 0.0756. The van der Waals surface area contributed by atoms with Crippen LogP contribution in [0.15, 0.2) is 102 Å². The molecule has 0 bridgehead atoms. The van der Waals surface area contributed by atoms with Gasteiger partial charge in [0, 0.05) is 49.9 Å². The van der Waals surface area contributed by atoms with E-state index in [0.717, 1.165) is 80.8 Å². The molecule has 8 rings (SSSR count). The molecule has 3 heterocycles. The van der Waals surface area contributed by atoms with Crippen LogP contribution in [0, 0.1) is 17.1 Å². The van der Waals surface area contributed by atoms with E-state index < -0.39 is 5.54 Å². The maximum absolute atomic E-state index is 16.3. The summed E-state index contributed by atoms with van der Waals surface area (Å²) in [7, 11) is 7.06. The van der Waals surface area contributed by atoms with Crippen LogP contribution in [0.25, 0.3) is 0 Å². The van der Waals surface area contributed by atoms with E-state index in [1.165, 1.54) is 17.8 Å². The summed E-state index contributed by atoms with van der Waals surface area (Å²) in [4.78, 5) is 19.8. The fraction of sp³-hybridized carbons (Fsp3) is 0.320. The van der Waals surface area contributed by atoms with Gasteiger partial charge in [0.05, 0.1) is 49.9 Å². The Kier molecular flexibility index (Phi) is 13.0. The van der Waals surface area contributed by atoms with Gasteiger partial charge in [-0.1, -0.05) is 54.2 Å². The largest absolute Gasteiger partial charge is 0.497 e. The number of rotatable bonds is 15. The number of nitrogens with one attached hydrogen (secondary N) is 2. The lowest BCUT2D eigenvalue weighted by molar-refractivity contribution is 0.0718. The first-order valence-corrected chi connectivity index (χ1v) is 22.4. The monoisotopic (exact) mass is 864 g/mol. The molecule has 4 aromatic carbocycles. The van der Waals surface area contributed by atoms with Gasteiger partial charge in [0.25, 0.3) is 0 Å². The van der Waals surface area contributed by atoms with Crippen molar-refractivity contribution in [3.8, 4) is 23.3 Å². The molecule has 0 saturated heterocycles. The minimum Gasteiger partial charge on any atom is -0.497 e. The Morgan fingerprint density at radius 1 is 0.889 bits per heavy atom. The molecule has 2 aliphatic rings. The molecule has 0 saturated carbocycles. The van der Waals surface area contributed by atoms with Crippen molar-refractivity contribution >= 4 is 29.1 Å². The number of nitrogens with zero attached hydrogens (tertiary/aromatic N) is 6. The van der Waals surface area contributed by atoms with Crippen molar-refractivity contribution in [1.29, 1.82) is 5.26 Å². The number of pyridine rings is 1. The summed E-state index contributed by atoms with van der Waals surface area (Å²) in [6.45, 7) is 4.31. The normalized spacial score (nSPS) is 16.0. The van der Waals surface area contributed by atoms with Crippen LogP contribution in [0.3, 0.4) is 0 Å². The lowest BCUT2D eigenvalue weighted by Crippen LogP contribution is -2.51. The molecule has 1 aliphatic carbocycles. The summed E-state index contributed by atoms with van der Waals surface area (Å²) < 4.78 is 32.5. The average Bonchev–Trinajstić information content (AvgIpc) is 3.32. The SMILES string of the molecule is COc1ccc(CNc2cc(F)c3c(c2C#N)C2(CCC3)Cc3nc(SC)nc(N[C@H](C)c4cccnc4N(Cc4ccc(OC)cc4)Cc4ccc(OC)cc4)c3CN2C)cc1. The molecule has 324 valence electrons. The summed E-state index contributed by atoms with van der Waals surface area (Å²) in [6, 6.07) is 31.9. The van der Waals surface area contributed by atoms with Crippen molar-refractivity contribution in [2.75, 3.05) is 50.2 Å². The summed E-state index contributed by atoms with van der Waals surface area (Å²) in [5.74, 6) is 3.69. The van der Waals surface area contributed by atoms with Gasteiger partial charge in [-0.2, -0.15) is 5.26 Å². The highest BCUT2D eigenvalue weighted by molar-refractivity contribution is 7.98. The molecule has 0 fully saturated rings. The Morgan fingerprint density at radius 3 is 2.10 bits per heavy atom. The zero-order valence-electron chi connectivity index (χ0n) is 36.7. The molecule has 0 amide bonds. The Bertz CT molecular complexity index is 2560. The van der Waals surface area contributed by atoms with Gasteiger partial charge < -0.3 is 29.7 Å². The molecule has 6 aromatic rings. The van der Waals surface area contributed by atoms with Crippen LogP contribution in [0.2, 0.25) is 0 Å². The summed E-state index contributed by atoms with van der Waals surface area (Å²) >= 11 is 1.49. The number of thioether (sulfide) groups is 1. The van der Waals surface area contributed by atoms with Crippen molar-refractivity contribution in [3.05, 3.63) is 153 Å². The van der Waals surface area contributed by atoms with Gasteiger partial charge in [-0.3, -0.25) is 4.90 Å². The minimum absolute atomic E-state index is 0.202. The Labute approximate surface area is 373 Å². The van der Waals surface area contributed by atoms with Gasteiger partial charge in [0.1, 0.15) is 40.8 Å². The van der Waals surface area contributed by atoms with Gasteiger partial charge >= 0.3 is 0 Å². The zero-order valence-corrected chi connectivity index (χ0v) is 37.5. The first-order chi connectivity index (χ1) is 30.7. The summed E-state index contributed by atoms with van der Waals surface area (Å²) in [5.41, 5.74) is 7.87. The lowest BCUT2D eigenvalue weighted by Gasteiger charge is -2.49. The third-order valence-electron chi connectivity index (χ3n) is 12.5. The van der Waals surface area contributed by atoms with Crippen molar-refractivity contribution in [1.82, 2.24) is 19.9 Å². The molecule has 2 atom stereocenters. The van der Waals surface area contributed by atoms with Crippen molar-refractivity contribution in [2.24, 2.45) is 0 Å². The molecule has 2 aromatic heterocycles. The predicted molar refractivity (Wildman–Crippen MR) is 247 cm³/mol. The summed E-state index contributed by atoms with van der Waals surface area (Å²) in [5, 5.41) is 18.7. The van der Waals surface area contributed by atoms with E-state index in [9.17, 15) is 5.26 Å². The number of anilines is 3. The fourth-order valence-electron chi connectivity index (χ4n) is 9.12. The molecule has 11 nitrogen and oxygen atoms in total. The number of hydrogen-bond donors (Lipinski definition) is 2. The third-order valence-corrected chi connectivity index (χ3v) is 13.0. The van der Waals surface area contributed by atoms with E-state index in [0.29, 0.717) is 61.0 Å². The number of halogens is 1. The Hall–Kier alpha value is -6.36. The zero-order chi connectivity index (χ0) is 44.1. The van der Waals surface area contributed by atoms with Crippen LogP contribution >= 0.6 is 11.8 Å². The molecule has 1 spiro atoms. The maximum Gasteiger partial charge on any atom is 0.189 e. The number of methoxy groups -OCH3 is 3. The van der Waals surface area contributed by atoms with E-state index in [1.807, 2.05) is 67.0 Å². The van der Waals surface area contributed by atoms with Gasteiger partial charge in [-0.05, 0) is 116 Å². The number of hydrogen-bond acceptors (Lipinski definition) is 12. The number of nitriles is 1. The second kappa shape index (κ2) is 18.9. The fourth-order valence-corrected chi connectivity index (χ4v) is 9.50. The number of aromatic nitrogens is 3. The lowest BCUT2D eigenvalue weighted by atomic mass is 9.68. The second-order valence-corrected chi connectivity index (χ2v) is 17.0. The smallest absolute Gasteiger partial charge is 0.189 e. The average molecular weight is 865 g/mol. The Balaban J connectivity index is 1.12. The van der Waals surface area contributed by atoms with Crippen molar-refractivity contribution < 1.29 is 18.6 Å². The molecule has 63 heavy (non-hydrogen) atoms. The van der Waals surface area contributed by atoms with Crippen LogP contribution < -0.4 is 29.7 Å². The Morgan fingerprint density at radius 2 is 1.51 bits per heavy atom. The molecule has 0 radical (unpaired) electrons. The molecule has 1 aliphatic heterocycles. The third kappa shape index (κ3) is 8.96. The van der Waals surface area contributed by atoms with Gasteiger partial charge in [0.15, 0.2) is 5.16 Å². The molecular weight excluding hydrogens is 812 g/mol. The van der Waals surface area contributed by atoms with Crippen LogP contribution in [-0.2, 0) is 44.6 Å². The van der Waals surface area contributed by atoms with Gasteiger partial charge in [-0.15, -0.1) is 0 Å². The highest BCUT2D eigenvalue weighted by atomic mass is 32.2.